The van der Waals surface area contributed by atoms with Crippen molar-refractivity contribution in [2.75, 3.05) is 11.6 Å². The van der Waals surface area contributed by atoms with Crippen LogP contribution in [0.5, 0.6) is 0 Å². The average molecular weight is 354 g/mol. The lowest BCUT2D eigenvalue weighted by molar-refractivity contribution is 0.102. The summed E-state index contributed by atoms with van der Waals surface area (Å²) in [5.74, 6) is 0.0922. The van der Waals surface area contributed by atoms with Crippen molar-refractivity contribution >= 4 is 34.4 Å². The molecule has 0 spiro atoms. The number of hydrogen-bond donors (Lipinski definition) is 1. The van der Waals surface area contributed by atoms with Gasteiger partial charge in [0.05, 0.1) is 16.6 Å². The minimum Gasteiger partial charge on any atom is -0.322 e. The molecule has 0 unspecified atom stereocenters. The molecular formula is C19H22N4OS. The van der Waals surface area contributed by atoms with Crippen LogP contribution in [0, 0.1) is 6.92 Å². The highest BCUT2D eigenvalue weighted by atomic mass is 32.2. The number of anilines is 1. The minimum absolute atomic E-state index is 0.136. The maximum Gasteiger partial charge on any atom is 0.256 e. The third-order valence-corrected chi connectivity index (χ3v) is 4.88. The number of pyridine rings is 1. The Morgan fingerprint density at radius 3 is 2.72 bits per heavy atom. The van der Waals surface area contributed by atoms with Crippen molar-refractivity contribution in [1.29, 1.82) is 0 Å². The van der Waals surface area contributed by atoms with Gasteiger partial charge < -0.3 is 5.32 Å². The largest absolute Gasteiger partial charge is 0.322 e. The maximum absolute atomic E-state index is 13.0. The molecule has 1 amide bonds. The Bertz CT molecular complexity index is 946. The quantitative estimate of drug-likeness (QED) is 0.707. The average Bonchev–Trinajstić information content (AvgIpc) is 2.88. The van der Waals surface area contributed by atoms with Crippen molar-refractivity contribution in [3.05, 3.63) is 47.3 Å². The standard InChI is InChI=1S/C19H22N4OS/c1-11(2)16-10-15(17-12(3)22-23(4)18(17)21-16)19(24)20-13-7-6-8-14(9-13)25-5/h6-11H,1-5H3,(H,20,24). The van der Waals surface area contributed by atoms with Gasteiger partial charge >= 0.3 is 0 Å². The molecule has 0 saturated heterocycles. The summed E-state index contributed by atoms with van der Waals surface area (Å²) in [6.07, 6.45) is 2.02. The zero-order valence-electron chi connectivity index (χ0n) is 15.1. The van der Waals surface area contributed by atoms with Crippen LogP contribution in [0.15, 0.2) is 35.2 Å². The van der Waals surface area contributed by atoms with E-state index >= 15 is 0 Å². The number of aryl methyl sites for hydroxylation is 2. The van der Waals surface area contributed by atoms with E-state index in [1.807, 2.05) is 50.6 Å². The topological polar surface area (TPSA) is 59.8 Å². The predicted molar refractivity (Wildman–Crippen MR) is 104 cm³/mol. The summed E-state index contributed by atoms with van der Waals surface area (Å²) >= 11 is 1.65. The number of hydrogen-bond acceptors (Lipinski definition) is 4. The van der Waals surface area contributed by atoms with E-state index in [-0.39, 0.29) is 11.8 Å². The molecule has 0 aliphatic heterocycles. The summed E-state index contributed by atoms with van der Waals surface area (Å²) < 4.78 is 1.74. The summed E-state index contributed by atoms with van der Waals surface area (Å²) in [6, 6.07) is 9.72. The van der Waals surface area contributed by atoms with Gasteiger partial charge in [-0.3, -0.25) is 9.48 Å². The Kier molecular flexibility index (Phi) is 4.81. The molecule has 0 fully saturated rings. The second-order valence-corrected chi connectivity index (χ2v) is 7.22. The summed E-state index contributed by atoms with van der Waals surface area (Å²) in [7, 11) is 1.86. The molecule has 1 aromatic carbocycles. The first-order chi connectivity index (χ1) is 11.9. The predicted octanol–water partition coefficient (Wildman–Crippen LogP) is 4.37. The first-order valence-electron chi connectivity index (χ1n) is 8.20. The van der Waals surface area contributed by atoms with Gasteiger partial charge in [0, 0.05) is 23.3 Å². The van der Waals surface area contributed by atoms with Gasteiger partial charge in [-0.1, -0.05) is 19.9 Å². The number of rotatable bonds is 4. The number of nitrogens with one attached hydrogen (secondary N) is 1. The van der Waals surface area contributed by atoms with Gasteiger partial charge in [-0.2, -0.15) is 5.10 Å². The maximum atomic E-state index is 13.0. The van der Waals surface area contributed by atoms with E-state index in [0.29, 0.717) is 5.56 Å². The first-order valence-corrected chi connectivity index (χ1v) is 9.42. The van der Waals surface area contributed by atoms with Crippen LogP contribution < -0.4 is 5.32 Å². The fourth-order valence-corrected chi connectivity index (χ4v) is 3.30. The molecule has 130 valence electrons. The number of benzene rings is 1. The van der Waals surface area contributed by atoms with E-state index in [9.17, 15) is 4.79 Å². The van der Waals surface area contributed by atoms with Gasteiger partial charge in [-0.25, -0.2) is 4.98 Å². The number of aromatic nitrogens is 3. The molecule has 25 heavy (non-hydrogen) atoms. The third kappa shape index (κ3) is 3.39. The van der Waals surface area contributed by atoms with Crippen molar-refractivity contribution in [3.63, 3.8) is 0 Å². The lowest BCUT2D eigenvalue weighted by Crippen LogP contribution is -2.14. The minimum atomic E-state index is -0.136. The zero-order valence-corrected chi connectivity index (χ0v) is 15.9. The van der Waals surface area contributed by atoms with Crippen LogP contribution in [0.1, 0.15) is 41.5 Å². The van der Waals surface area contributed by atoms with Gasteiger partial charge in [-0.15, -0.1) is 11.8 Å². The molecule has 0 radical (unpaired) electrons. The number of thioether (sulfide) groups is 1. The van der Waals surface area contributed by atoms with Crippen LogP contribution in [0.2, 0.25) is 0 Å². The van der Waals surface area contributed by atoms with Crippen molar-refractivity contribution < 1.29 is 4.79 Å². The molecule has 2 aromatic heterocycles. The Balaban J connectivity index is 2.08. The van der Waals surface area contributed by atoms with Crippen LogP contribution in [-0.4, -0.2) is 26.9 Å². The van der Waals surface area contributed by atoms with E-state index in [1.165, 1.54) is 0 Å². The second-order valence-electron chi connectivity index (χ2n) is 6.34. The lowest BCUT2D eigenvalue weighted by Gasteiger charge is -2.11. The van der Waals surface area contributed by atoms with Crippen molar-refractivity contribution in [2.24, 2.45) is 7.05 Å². The van der Waals surface area contributed by atoms with E-state index < -0.39 is 0 Å². The van der Waals surface area contributed by atoms with Crippen LogP contribution in [0.3, 0.4) is 0 Å². The molecule has 5 nitrogen and oxygen atoms in total. The Morgan fingerprint density at radius 2 is 2.04 bits per heavy atom. The zero-order chi connectivity index (χ0) is 18.1. The summed E-state index contributed by atoms with van der Waals surface area (Å²) in [6.45, 7) is 6.05. The molecule has 3 rings (SSSR count). The number of nitrogens with zero attached hydrogens (tertiary/aromatic N) is 3. The monoisotopic (exact) mass is 354 g/mol. The third-order valence-electron chi connectivity index (χ3n) is 4.15. The van der Waals surface area contributed by atoms with Crippen molar-refractivity contribution in [3.8, 4) is 0 Å². The number of fused-ring (bicyclic) bond motifs is 1. The molecule has 1 N–H and O–H groups in total. The van der Waals surface area contributed by atoms with E-state index in [0.717, 1.165) is 33.0 Å². The van der Waals surface area contributed by atoms with Crippen LogP contribution in [-0.2, 0) is 7.05 Å². The van der Waals surface area contributed by atoms with E-state index in [4.69, 9.17) is 0 Å². The van der Waals surface area contributed by atoms with Gasteiger partial charge in [0.2, 0.25) is 0 Å². The van der Waals surface area contributed by atoms with E-state index in [2.05, 4.69) is 29.2 Å². The molecule has 3 aromatic rings. The fourth-order valence-electron chi connectivity index (χ4n) is 2.84. The lowest BCUT2D eigenvalue weighted by atomic mass is 10.0. The Hall–Kier alpha value is -2.34. The van der Waals surface area contributed by atoms with E-state index in [1.54, 1.807) is 16.4 Å². The van der Waals surface area contributed by atoms with Gasteiger partial charge in [0.15, 0.2) is 5.65 Å². The summed E-state index contributed by atoms with van der Waals surface area (Å²) in [4.78, 5) is 18.8. The van der Waals surface area contributed by atoms with Gasteiger partial charge in [0.25, 0.3) is 5.91 Å². The van der Waals surface area contributed by atoms with Crippen LogP contribution in [0.25, 0.3) is 11.0 Å². The van der Waals surface area contributed by atoms with Crippen LogP contribution >= 0.6 is 11.8 Å². The molecule has 2 heterocycles. The highest BCUT2D eigenvalue weighted by Crippen LogP contribution is 2.26. The number of carbonyl (C=O) groups excluding carboxylic acids is 1. The molecule has 6 heteroatoms. The second kappa shape index (κ2) is 6.88. The molecular weight excluding hydrogens is 332 g/mol. The molecule has 0 bridgehead atoms. The SMILES string of the molecule is CSc1cccc(NC(=O)c2cc(C(C)C)nc3c2c(C)nn3C)c1. The Labute approximate surface area is 151 Å². The van der Waals surface area contributed by atoms with Gasteiger partial charge in [0.1, 0.15) is 0 Å². The van der Waals surface area contributed by atoms with Gasteiger partial charge in [-0.05, 0) is 43.4 Å². The number of amides is 1. The summed E-state index contributed by atoms with van der Waals surface area (Å²) in [5, 5.41) is 8.26. The highest BCUT2D eigenvalue weighted by Gasteiger charge is 2.19. The molecule has 0 aliphatic carbocycles. The highest BCUT2D eigenvalue weighted by molar-refractivity contribution is 7.98. The van der Waals surface area contributed by atoms with Crippen molar-refractivity contribution in [1.82, 2.24) is 14.8 Å². The summed E-state index contributed by atoms with van der Waals surface area (Å²) in [5.41, 5.74) is 3.84. The molecule has 0 aliphatic rings. The normalized spacial score (nSPS) is 11.3. The Morgan fingerprint density at radius 1 is 1.28 bits per heavy atom. The smallest absolute Gasteiger partial charge is 0.256 e. The van der Waals surface area contributed by atoms with Crippen molar-refractivity contribution in [2.45, 2.75) is 31.6 Å². The van der Waals surface area contributed by atoms with Crippen LogP contribution in [0.4, 0.5) is 5.69 Å². The number of carbonyl (C=O) groups is 1. The molecule has 0 atom stereocenters. The fraction of sp³-hybridized carbons (Fsp3) is 0.316. The first kappa shape index (κ1) is 17.5. The molecule has 0 saturated carbocycles.